The molecule has 0 saturated carbocycles. The van der Waals surface area contributed by atoms with Gasteiger partial charge in [0.1, 0.15) is 11.1 Å². The average molecular weight is 428 g/mol. The van der Waals surface area contributed by atoms with Crippen LogP contribution in [-0.2, 0) is 20.9 Å². The van der Waals surface area contributed by atoms with Crippen molar-refractivity contribution in [1.29, 1.82) is 0 Å². The number of hydrogen-bond donors (Lipinski definition) is 1. The van der Waals surface area contributed by atoms with E-state index in [2.05, 4.69) is 15.2 Å². The van der Waals surface area contributed by atoms with Crippen LogP contribution in [0.15, 0.2) is 22.6 Å². The van der Waals surface area contributed by atoms with Gasteiger partial charge in [-0.25, -0.2) is 9.78 Å². The second-order valence-electron chi connectivity index (χ2n) is 9.08. The van der Waals surface area contributed by atoms with Crippen LogP contribution in [0.5, 0.6) is 0 Å². The summed E-state index contributed by atoms with van der Waals surface area (Å²) in [5.41, 5.74) is 1.70. The Labute approximate surface area is 180 Å². The summed E-state index contributed by atoms with van der Waals surface area (Å²) >= 11 is 0. The number of imide groups is 1. The molecular weight excluding hydrogens is 400 g/mol. The largest absolute Gasteiger partial charge is 0.444 e. The standard InChI is InChI=1S/C22H28N4O5/c1-22(2,3)31-21(29)26-10-8-25(9-11-26)13-19-23-16-12-14(4-6-17(16)30-19)15-5-7-18(27)24-20(15)28/h4,6,12,15H,5,7-11,13H2,1-3H3,(H,24,27,28). The molecule has 0 aliphatic carbocycles. The number of rotatable bonds is 3. The van der Waals surface area contributed by atoms with E-state index >= 15 is 0 Å². The van der Waals surface area contributed by atoms with Crippen molar-refractivity contribution >= 4 is 29.0 Å². The summed E-state index contributed by atoms with van der Waals surface area (Å²) in [5.74, 6) is -0.232. The van der Waals surface area contributed by atoms with Gasteiger partial charge < -0.3 is 14.1 Å². The number of nitrogens with one attached hydrogen (secondary N) is 1. The van der Waals surface area contributed by atoms with E-state index in [1.807, 2.05) is 39.0 Å². The fraction of sp³-hybridized carbons (Fsp3) is 0.545. The Morgan fingerprint density at radius 2 is 1.97 bits per heavy atom. The molecule has 0 spiro atoms. The van der Waals surface area contributed by atoms with Crippen molar-refractivity contribution in [2.45, 2.75) is 51.7 Å². The van der Waals surface area contributed by atoms with Gasteiger partial charge in [-0.05, 0) is 44.9 Å². The summed E-state index contributed by atoms with van der Waals surface area (Å²) in [6.07, 6.45) is 0.561. The van der Waals surface area contributed by atoms with Crippen molar-refractivity contribution in [3.8, 4) is 0 Å². The second kappa shape index (κ2) is 8.30. The third kappa shape index (κ3) is 5.04. The lowest BCUT2D eigenvalue weighted by Crippen LogP contribution is -2.49. The normalized spacial score (nSPS) is 20.7. The van der Waals surface area contributed by atoms with E-state index in [0.717, 1.165) is 5.56 Å². The highest BCUT2D eigenvalue weighted by atomic mass is 16.6. The van der Waals surface area contributed by atoms with E-state index in [4.69, 9.17) is 9.15 Å². The van der Waals surface area contributed by atoms with E-state index in [1.165, 1.54) is 0 Å². The fourth-order valence-electron chi connectivity index (χ4n) is 3.89. The molecule has 0 bridgehead atoms. The average Bonchev–Trinajstić information content (AvgIpc) is 3.08. The first-order valence-electron chi connectivity index (χ1n) is 10.6. The molecule has 3 amide bonds. The van der Waals surface area contributed by atoms with Gasteiger partial charge in [0.2, 0.25) is 17.7 Å². The van der Waals surface area contributed by atoms with Crippen LogP contribution < -0.4 is 5.32 Å². The van der Waals surface area contributed by atoms with Crippen LogP contribution in [0, 0.1) is 0 Å². The van der Waals surface area contributed by atoms with Crippen molar-refractivity contribution in [2.75, 3.05) is 26.2 Å². The summed E-state index contributed by atoms with van der Waals surface area (Å²) in [6.45, 7) is 8.73. The van der Waals surface area contributed by atoms with Crippen LogP contribution in [0.2, 0.25) is 0 Å². The number of piperidine rings is 1. The van der Waals surface area contributed by atoms with E-state index < -0.39 is 5.60 Å². The molecule has 9 nitrogen and oxygen atoms in total. The molecule has 2 aliphatic rings. The van der Waals surface area contributed by atoms with Gasteiger partial charge >= 0.3 is 6.09 Å². The first-order valence-corrected chi connectivity index (χ1v) is 10.6. The third-order valence-corrected chi connectivity index (χ3v) is 5.48. The Kier molecular flexibility index (Phi) is 5.70. The number of benzene rings is 1. The van der Waals surface area contributed by atoms with Gasteiger partial charge in [-0.15, -0.1) is 0 Å². The third-order valence-electron chi connectivity index (χ3n) is 5.48. The maximum Gasteiger partial charge on any atom is 0.410 e. The molecule has 0 radical (unpaired) electrons. The van der Waals surface area contributed by atoms with E-state index in [-0.39, 0.29) is 23.8 Å². The van der Waals surface area contributed by atoms with Gasteiger partial charge in [-0.2, -0.15) is 0 Å². The van der Waals surface area contributed by atoms with Crippen LogP contribution in [0.1, 0.15) is 51.0 Å². The summed E-state index contributed by atoms with van der Waals surface area (Å²) in [4.78, 5) is 44.2. The van der Waals surface area contributed by atoms with Gasteiger partial charge in [0.05, 0.1) is 12.5 Å². The number of amides is 3. The molecule has 4 rings (SSSR count). The number of nitrogens with zero attached hydrogens (tertiary/aromatic N) is 3. The Morgan fingerprint density at radius 1 is 1.23 bits per heavy atom. The summed E-state index contributed by atoms with van der Waals surface area (Å²) in [6, 6.07) is 5.55. The quantitative estimate of drug-likeness (QED) is 0.749. The van der Waals surface area contributed by atoms with E-state index in [1.54, 1.807) is 4.90 Å². The van der Waals surface area contributed by atoms with Gasteiger partial charge in [0.25, 0.3) is 0 Å². The van der Waals surface area contributed by atoms with Gasteiger partial charge in [-0.1, -0.05) is 6.07 Å². The summed E-state index contributed by atoms with van der Waals surface area (Å²) in [7, 11) is 0. The van der Waals surface area contributed by atoms with Crippen molar-refractivity contribution in [1.82, 2.24) is 20.1 Å². The molecule has 1 aromatic carbocycles. The molecule has 2 fully saturated rings. The number of carbonyl (C=O) groups excluding carboxylic acids is 3. The molecule has 1 N–H and O–H groups in total. The highest BCUT2D eigenvalue weighted by Gasteiger charge is 2.29. The lowest BCUT2D eigenvalue weighted by Gasteiger charge is -2.35. The number of aromatic nitrogens is 1. The predicted octanol–water partition coefficient (Wildman–Crippen LogP) is 2.40. The lowest BCUT2D eigenvalue weighted by molar-refractivity contribution is -0.134. The Bertz CT molecular complexity index is 1000. The minimum Gasteiger partial charge on any atom is -0.444 e. The lowest BCUT2D eigenvalue weighted by atomic mass is 9.90. The number of oxazole rings is 1. The Morgan fingerprint density at radius 3 is 2.65 bits per heavy atom. The number of ether oxygens (including phenoxy) is 1. The molecule has 2 aromatic rings. The number of piperazine rings is 1. The molecule has 9 heteroatoms. The van der Waals surface area contributed by atoms with Gasteiger partial charge in [0.15, 0.2) is 5.58 Å². The van der Waals surface area contributed by atoms with Crippen LogP contribution in [0.4, 0.5) is 4.79 Å². The maximum absolute atomic E-state index is 12.2. The molecular formula is C22H28N4O5. The minimum atomic E-state index is -0.501. The van der Waals surface area contributed by atoms with Crippen LogP contribution in [0.25, 0.3) is 11.1 Å². The van der Waals surface area contributed by atoms with Gasteiger partial charge in [-0.3, -0.25) is 19.8 Å². The predicted molar refractivity (Wildman–Crippen MR) is 112 cm³/mol. The van der Waals surface area contributed by atoms with Crippen molar-refractivity contribution in [2.24, 2.45) is 0 Å². The fourth-order valence-corrected chi connectivity index (χ4v) is 3.89. The molecule has 1 aromatic heterocycles. The first-order chi connectivity index (χ1) is 14.7. The first kappa shape index (κ1) is 21.3. The number of carbonyl (C=O) groups is 3. The molecule has 2 saturated heterocycles. The molecule has 31 heavy (non-hydrogen) atoms. The van der Waals surface area contributed by atoms with E-state index in [0.29, 0.717) is 62.6 Å². The van der Waals surface area contributed by atoms with Crippen LogP contribution in [-0.4, -0.2) is 64.5 Å². The number of fused-ring (bicyclic) bond motifs is 1. The minimum absolute atomic E-state index is 0.224. The second-order valence-corrected chi connectivity index (χ2v) is 9.08. The van der Waals surface area contributed by atoms with E-state index in [9.17, 15) is 14.4 Å². The van der Waals surface area contributed by atoms with Crippen LogP contribution in [0.3, 0.4) is 0 Å². The smallest absolute Gasteiger partial charge is 0.410 e. The van der Waals surface area contributed by atoms with Gasteiger partial charge in [0, 0.05) is 32.6 Å². The van der Waals surface area contributed by atoms with Crippen molar-refractivity contribution in [3.63, 3.8) is 0 Å². The monoisotopic (exact) mass is 428 g/mol. The van der Waals surface area contributed by atoms with Crippen molar-refractivity contribution < 1.29 is 23.5 Å². The molecule has 1 atom stereocenters. The maximum atomic E-state index is 12.2. The molecule has 3 heterocycles. The summed E-state index contributed by atoms with van der Waals surface area (Å²) < 4.78 is 11.3. The zero-order valence-electron chi connectivity index (χ0n) is 18.1. The topological polar surface area (TPSA) is 105 Å². The molecule has 166 valence electrons. The highest BCUT2D eigenvalue weighted by molar-refractivity contribution is 6.01. The number of hydrogen-bond acceptors (Lipinski definition) is 7. The SMILES string of the molecule is CC(C)(C)OC(=O)N1CCN(Cc2nc3cc(C4CCC(=O)NC4=O)ccc3o2)CC1. The Balaban J connectivity index is 1.37. The van der Waals surface area contributed by atoms with Crippen LogP contribution >= 0.6 is 0 Å². The summed E-state index contributed by atoms with van der Waals surface area (Å²) in [5, 5.41) is 2.39. The highest BCUT2D eigenvalue weighted by Crippen LogP contribution is 2.28. The zero-order chi connectivity index (χ0) is 22.2. The molecule has 2 aliphatic heterocycles. The van der Waals surface area contributed by atoms with Crippen molar-refractivity contribution in [3.05, 3.63) is 29.7 Å². The zero-order valence-corrected chi connectivity index (χ0v) is 18.1. The Hall–Kier alpha value is -2.94. The molecule has 1 unspecified atom stereocenters.